The molecule has 1 aromatic heterocycles. The second-order valence-electron chi connectivity index (χ2n) is 5.10. The molecule has 0 spiro atoms. The molecule has 0 aliphatic heterocycles. The lowest BCUT2D eigenvalue weighted by molar-refractivity contribution is 0.397. The van der Waals surface area contributed by atoms with Gasteiger partial charge in [-0.05, 0) is 12.3 Å². The predicted octanol–water partition coefficient (Wildman–Crippen LogP) is 3.40. The smallest absolute Gasteiger partial charge is 0.191 e. The number of methoxy groups -OCH3 is 2. The number of benzene rings is 1. The van der Waals surface area contributed by atoms with Gasteiger partial charge in [0.05, 0.1) is 30.1 Å². The van der Waals surface area contributed by atoms with Crippen molar-refractivity contribution < 1.29 is 9.47 Å². The molecule has 0 unspecified atom stereocenters. The second kappa shape index (κ2) is 5.75. The van der Waals surface area contributed by atoms with E-state index in [0.29, 0.717) is 33.3 Å². The fraction of sp³-hybridized carbons (Fsp3) is 0.400. The standard InChI is InChI=1S/C15H18ClNO3/c1-8(2)5-9-6-10(18)13-14(16)11(19-3)7-12(20-4)15(13)17-9/h6-8H,5H2,1-4H3,(H,17,18). The summed E-state index contributed by atoms with van der Waals surface area (Å²) in [5, 5.41) is 0.705. The number of pyridine rings is 1. The molecule has 1 heterocycles. The highest BCUT2D eigenvalue weighted by Crippen LogP contribution is 2.36. The molecule has 5 heteroatoms. The van der Waals surface area contributed by atoms with Crippen molar-refractivity contribution >= 4 is 22.5 Å². The Labute approximate surface area is 122 Å². The van der Waals surface area contributed by atoms with E-state index in [1.807, 2.05) is 0 Å². The van der Waals surface area contributed by atoms with E-state index in [0.717, 1.165) is 12.1 Å². The zero-order chi connectivity index (χ0) is 14.9. The van der Waals surface area contributed by atoms with Crippen molar-refractivity contribution in [2.24, 2.45) is 5.92 Å². The first kappa shape index (κ1) is 14.7. The predicted molar refractivity (Wildman–Crippen MR) is 81.2 cm³/mol. The maximum Gasteiger partial charge on any atom is 0.191 e. The minimum absolute atomic E-state index is 0.128. The second-order valence-corrected chi connectivity index (χ2v) is 5.48. The van der Waals surface area contributed by atoms with Crippen molar-refractivity contribution in [1.82, 2.24) is 4.98 Å². The van der Waals surface area contributed by atoms with Crippen LogP contribution in [0.15, 0.2) is 16.9 Å². The largest absolute Gasteiger partial charge is 0.495 e. The molecule has 0 fully saturated rings. The molecule has 1 N–H and O–H groups in total. The molecule has 2 rings (SSSR count). The SMILES string of the molecule is COc1cc(OC)c2[nH]c(CC(C)C)cc(=O)c2c1Cl. The quantitative estimate of drug-likeness (QED) is 0.940. The topological polar surface area (TPSA) is 51.3 Å². The molecule has 0 aliphatic carbocycles. The molecule has 0 amide bonds. The fourth-order valence-corrected chi connectivity index (χ4v) is 2.57. The first-order chi connectivity index (χ1) is 9.47. The van der Waals surface area contributed by atoms with Gasteiger partial charge >= 0.3 is 0 Å². The molecule has 108 valence electrons. The van der Waals surface area contributed by atoms with Gasteiger partial charge < -0.3 is 14.5 Å². The molecule has 0 saturated heterocycles. The van der Waals surface area contributed by atoms with Gasteiger partial charge in [0.25, 0.3) is 0 Å². The monoisotopic (exact) mass is 295 g/mol. The molecule has 0 atom stereocenters. The van der Waals surface area contributed by atoms with Gasteiger partial charge in [-0.3, -0.25) is 4.79 Å². The molecule has 2 aromatic rings. The highest BCUT2D eigenvalue weighted by Gasteiger charge is 2.16. The van der Waals surface area contributed by atoms with Gasteiger partial charge in [0.2, 0.25) is 0 Å². The Kier molecular flexibility index (Phi) is 4.23. The summed E-state index contributed by atoms with van der Waals surface area (Å²) in [5.41, 5.74) is 1.36. The third kappa shape index (κ3) is 2.61. The van der Waals surface area contributed by atoms with Crippen LogP contribution in [0.25, 0.3) is 10.9 Å². The number of nitrogens with one attached hydrogen (secondary N) is 1. The summed E-state index contributed by atoms with van der Waals surface area (Å²) in [4.78, 5) is 15.6. The number of halogens is 1. The van der Waals surface area contributed by atoms with E-state index in [1.54, 1.807) is 19.2 Å². The first-order valence-corrected chi connectivity index (χ1v) is 6.82. The van der Waals surface area contributed by atoms with Gasteiger partial charge in [-0.25, -0.2) is 0 Å². The summed E-state index contributed by atoms with van der Waals surface area (Å²) in [5.74, 6) is 1.42. The molecular formula is C15H18ClNO3. The zero-order valence-corrected chi connectivity index (χ0v) is 12.8. The van der Waals surface area contributed by atoms with Gasteiger partial charge in [-0.15, -0.1) is 0 Å². The van der Waals surface area contributed by atoms with Crippen LogP contribution in [0.5, 0.6) is 11.5 Å². The molecule has 0 saturated carbocycles. The summed E-state index contributed by atoms with van der Waals surface area (Å²) < 4.78 is 10.5. The summed E-state index contributed by atoms with van der Waals surface area (Å²) in [6, 6.07) is 3.27. The summed E-state index contributed by atoms with van der Waals surface area (Å²) >= 11 is 6.23. The lowest BCUT2D eigenvalue weighted by Crippen LogP contribution is -2.09. The summed E-state index contributed by atoms with van der Waals surface area (Å²) in [6.07, 6.45) is 0.790. The Morgan fingerprint density at radius 3 is 2.40 bits per heavy atom. The Morgan fingerprint density at radius 1 is 1.20 bits per heavy atom. The molecule has 0 radical (unpaired) electrons. The minimum atomic E-state index is -0.128. The van der Waals surface area contributed by atoms with E-state index in [2.05, 4.69) is 18.8 Å². The zero-order valence-electron chi connectivity index (χ0n) is 12.0. The van der Waals surface area contributed by atoms with Gasteiger partial charge in [0.15, 0.2) is 5.43 Å². The van der Waals surface area contributed by atoms with E-state index < -0.39 is 0 Å². The molecule has 1 aromatic carbocycles. The molecule has 0 bridgehead atoms. The lowest BCUT2D eigenvalue weighted by Gasteiger charge is -2.13. The van der Waals surface area contributed by atoms with Crippen molar-refractivity contribution in [3.8, 4) is 11.5 Å². The fourth-order valence-electron chi connectivity index (χ4n) is 2.25. The number of fused-ring (bicyclic) bond motifs is 1. The maximum absolute atomic E-state index is 12.3. The van der Waals surface area contributed by atoms with E-state index >= 15 is 0 Å². The van der Waals surface area contributed by atoms with Crippen LogP contribution in [0.2, 0.25) is 5.02 Å². The first-order valence-electron chi connectivity index (χ1n) is 6.44. The molecular weight excluding hydrogens is 278 g/mol. The average molecular weight is 296 g/mol. The van der Waals surface area contributed by atoms with Crippen LogP contribution < -0.4 is 14.9 Å². The Balaban J connectivity index is 2.79. The van der Waals surface area contributed by atoms with E-state index in [4.69, 9.17) is 21.1 Å². The number of hydrogen-bond acceptors (Lipinski definition) is 3. The maximum atomic E-state index is 12.3. The van der Waals surface area contributed by atoms with E-state index in [-0.39, 0.29) is 5.43 Å². The molecule has 0 aliphatic rings. The van der Waals surface area contributed by atoms with Crippen molar-refractivity contribution in [2.45, 2.75) is 20.3 Å². The normalized spacial score (nSPS) is 11.1. The Hall–Kier alpha value is -1.68. The van der Waals surface area contributed by atoms with Crippen LogP contribution >= 0.6 is 11.6 Å². The summed E-state index contributed by atoms with van der Waals surface area (Å²) in [6.45, 7) is 4.20. The van der Waals surface area contributed by atoms with Gasteiger partial charge in [-0.2, -0.15) is 0 Å². The van der Waals surface area contributed by atoms with Gasteiger partial charge in [0.1, 0.15) is 11.5 Å². The highest BCUT2D eigenvalue weighted by atomic mass is 35.5. The third-order valence-corrected chi connectivity index (χ3v) is 3.47. The average Bonchev–Trinajstić information content (AvgIpc) is 2.38. The summed E-state index contributed by atoms with van der Waals surface area (Å²) in [7, 11) is 3.06. The van der Waals surface area contributed by atoms with Crippen molar-refractivity contribution in [3.63, 3.8) is 0 Å². The van der Waals surface area contributed by atoms with E-state index in [1.165, 1.54) is 7.11 Å². The minimum Gasteiger partial charge on any atom is -0.495 e. The number of aromatic amines is 1. The van der Waals surface area contributed by atoms with Gasteiger partial charge in [0, 0.05) is 17.8 Å². The Bertz CT molecular complexity index is 692. The van der Waals surface area contributed by atoms with Crippen molar-refractivity contribution in [3.05, 3.63) is 33.1 Å². The number of H-pyrrole nitrogens is 1. The number of ether oxygens (including phenoxy) is 2. The van der Waals surface area contributed by atoms with Gasteiger partial charge in [-0.1, -0.05) is 25.4 Å². The van der Waals surface area contributed by atoms with Crippen molar-refractivity contribution in [2.75, 3.05) is 14.2 Å². The highest BCUT2D eigenvalue weighted by molar-refractivity contribution is 6.37. The molecule has 20 heavy (non-hydrogen) atoms. The number of hydrogen-bond donors (Lipinski definition) is 1. The Morgan fingerprint density at radius 2 is 1.85 bits per heavy atom. The van der Waals surface area contributed by atoms with Crippen LogP contribution in [0.1, 0.15) is 19.5 Å². The number of rotatable bonds is 4. The lowest BCUT2D eigenvalue weighted by atomic mass is 10.1. The van der Waals surface area contributed by atoms with Crippen LogP contribution in [0, 0.1) is 5.92 Å². The third-order valence-electron chi connectivity index (χ3n) is 3.10. The number of aromatic nitrogens is 1. The van der Waals surface area contributed by atoms with Crippen molar-refractivity contribution in [1.29, 1.82) is 0 Å². The molecule has 4 nitrogen and oxygen atoms in total. The van der Waals surface area contributed by atoms with Crippen LogP contribution in [0.3, 0.4) is 0 Å². The van der Waals surface area contributed by atoms with Crippen LogP contribution in [0.4, 0.5) is 0 Å². The van der Waals surface area contributed by atoms with Crippen LogP contribution in [-0.4, -0.2) is 19.2 Å². The van der Waals surface area contributed by atoms with E-state index in [9.17, 15) is 4.79 Å². The van der Waals surface area contributed by atoms with Crippen LogP contribution in [-0.2, 0) is 6.42 Å².